The Morgan fingerprint density at radius 2 is 2.14 bits per heavy atom. The molecule has 144 valence electrons. The molecule has 0 radical (unpaired) electrons. The van der Waals surface area contributed by atoms with Crippen molar-refractivity contribution in [2.24, 2.45) is 11.8 Å². The van der Waals surface area contributed by atoms with E-state index in [9.17, 15) is 4.79 Å². The summed E-state index contributed by atoms with van der Waals surface area (Å²) in [4.78, 5) is 21.0. The number of nitrogen functional groups attached to an aromatic ring is 1. The second kappa shape index (κ2) is 6.60. The Morgan fingerprint density at radius 3 is 3.00 bits per heavy atom. The molecule has 4 N–H and O–H groups in total. The Balaban J connectivity index is 1.40. The van der Waals surface area contributed by atoms with E-state index >= 15 is 0 Å². The fourth-order valence-corrected chi connectivity index (χ4v) is 4.16. The molecule has 2 heterocycles. The highest BCUT2D eigenvalue weighted by Crippen LogP contribution is 2.34. The summed E-state index contributed by atoms with van der Waals surface area (Å²) in [6.45, 7) is 4.62. The number of hydrogen-bond donors (Lipinski definition) is 3. The van der Waals surface area contributed by atoms with E-state index in [4.69, 9.17) is 4.98 Å². The van der Waals surface area contributed by atoms with Crippen LogP contribution in [0.25, 0.3) is 0 Å². The average Bonchev–Trinajstić information content (AvgIpc) is 3.27. The fourth-order valence-electron chi connectivity index (χ4n) is 4.16. The molecule has 0 fully saturated rings. The van der Waals surface area contributed by atoms with Crippen LogP contribution in [0.3, 0.4) is 0 Å². The molecule has 1 aromatic carbocycles. The Kier molecular flexibility index (Phi) is 4.05. The third-order valence-corrected chi connectivity index (χ3v) is 6.17. The SMILES string of the molecule is CC1CC=C(N2[NH2+]Nc3cnc(Nc4ccc5c(c4)CCC5=O)nc32)CC1C. The molecule has 7 nitrogen and oxygen atoms in total. The fraction of sp³-hybridized carbons (Fsp3) is 0.381. The second-order valence-electron chi connectivity index (χ2n) is 8.08. The number of carbonyl (C=O) groups excluding carboxylic acids is 1. The Bertz CT molecular complexity index is 985. The van der Waals surface area contributed by atoms with E-state index in [0.717, 1.165) is 47.6 Å². The molecular weight excluding hydrogens is 352 g/mol. The summed E-state index contributed by atoms with van der Waals surface area (Å²) in [5.41, 5.74) is 10.3. The summed E-state index contributed by atoms with van der Waals surface area (Å²) in [6.07, 6.45) is 7.70. The van der Waals surface area contributed by atoms with Gasteiger partial charge in [-0.2, -0.15) is 9.99 Å². The van der Waals surface area contributed by atoms with Crippen LogP contribution in [0.4, 0.5) is 23.1 Å². The van der Waals surface area contributed by atoms with Gasteiger partial charge in [-0.05, 0) is 54.9 Å². The van der Waals surface area contributed by atoms with E-state index < -0.39 is 0 Å². The Hall–Kier alpha value is -2.93. The summed E-state index contributed by atoms with van der Waals surface area (Å²) in [5.74, 6) is 3.04. The van der Waals surface area contributed by atoms with Crippen molar-refractivity contribution >= 4 is 28.9 Å². The predicted molar refractivity (Wildman–Crippen MR) is 108 cm³/mol. The number of nitrogens with one attached hydrogen (secondary N) is 2. The molecule has 0 amide bonds. The Labute approximate surface area is 164 Å². The number of allylic oxidation sites excluding steroid dienone is 2. The van der Waals surface area contributed by atoms with Gasteiger partial charge in [-0.25, -0.2) is 10.4 Å². The van der Waals surface area contributed by atoms with Gasteiger partial charge in [-0.1, -0.05) is 19.9 Å². The first-order valence-electron chi connectivity index (χ1n) is 9.97. The monoisotopic (exact) mass is 377 g/mol. The lowest BCUT2D eigenvalue weighted by Gasteiger charge is -2.28. The van der Waals surface area contributed by atoms with Crippen molar-refractivity contribution in [1.82, 2.24) is 9.97 Å². The van der Waals surface area contributed by atoms with E-state index in [-0.39, 0.29) is 5.78 Å². The molecule has 2 aliphatic carbocycles. The quantitative estimate of drug-likeness (QED) is 0.713. The summed E-state index contributed by atoms with van der Waals surface area (Å²) in [6, 6.07) is 5.86. The first-order valence-corrected chi connectivity index (χ1v) is 9.97. The van der Waals surface area contributed by atoms with Gasteiger partial charge in [0.25, 0.3) is 0 Å². The van der Waals surface area contributed by atoms with Gasteiger partial charge in [-0.3, -0.25) is 4.79 Å². The third kappa shape index (κ3) is 2.92. The van der Waals surface area contributed by atoms with E-state index in [2.05, 4.69) is 40.7 Å². The number of anilines is 4. The third-order valence-electron chi connectivity index (χ3n) is 6.17. The molecule has 0 bridgehead atoms. The maximum atomic E-state index is 11.8. The van der Waals surface area contributed by atoms with Crippen LogP contribution < -0.4 is 21.3 Å². The van der Waals surface area contributed by atoms with Crippen molar-refractivity contribution < 1.29 is 10.3 Å². The molecule has 0 saturated heterocycles. The summed E-state index contributed by atoms with van der Waals surface area (Å²) in [7, 11) is 0. The zero-order valence-electron chi connectivity index (χ0n) is 16.2. The lowest BCUT2D eigenvalue weighted by atomic mass is 9.84. The summed E-state index contributed by atoms with van der Waals surface area (Å²) < 4.78 is 0. The number of fused-ring (bicyclic) bond motifs is 2. The highest BCUT2D eigenvalue weighted by Gasteiger charge is 2.32. The molecule has 0 saturated carbocycles. The summed E-state index contributed by atoms with van der Waals surface area (Å²) in [5, 5.41) is 5.44. The van der Waals surface area contributed by atoms with Crippen molar-refractivity contribution in [3.05, 3.63) is 47.3 Å². The highest BCUT2D eigenvalue weighted by molar-refractivity contribution is 6.00. The van der Waals surface area contributed by atoms with Crippen molar-refractivity contribution in [1.29, 1.82) is 0 Å². The second-order valence-corrected chi connectivity index (χ2v) is 8.08. The number of aromatic nitrogens is 2. The highest BCUT2D eigenvalue weighted by atomic mass is 16.1. The predicted octanol–water partition coefficient (Wildman–Crippen LogP) is 2.92. The van der Waals surface area contributed by atoms with Crippen LogP contribution in [-0.2, 0) is 6.42 Å². The number of rotatable bonds is 3. The minimum absolute atomic E-state index is 0.233. The molecule has 5 rings (SSSR count). The molecule has 2 atom stereocenters. The maximum Gasteiger partial charge on any atom is 0.229 e. The number of carbonyl (C=O) groups is 1. The zero-order chi connectivity index (χ0) is 19.3. The lowest BCUT2D eigenvalue weighted by Crippen LogP contribution is -2.95. The molecule has 2 aromatic rings. The van der Waals surface area contributed by atoms with E-state index in [1.165, 1.54) is 5.70 Å². The molecule has 1 aliphatic heterocycles. The van der Waals surface area contributed by atoms with Gasteiger partial charge in [0, 0.05) is 17.7 Å². The standard InChI is InChI=1S/C21H24N6O/c1-12-3-6-16(9-13(12)2)27-20-18(25-26-27)11-22-21(24-20)23-15-5-7-17-14(10-15)4-8-19(17)28/h5-7,10-13,25-26H,3-4,8-9H2,1-2H3,(H,22,23,24)/p+1. The normalized spacial score (nSPS) is 23.1. The van der Waals surface area contributed by atoms with E-state index in [1.54, 1.807) is 0 Å². The van der Waals surface area contributed by atoms with E-state index in [1.807, 2.05) is 29.9 Å². The average molecular weight is 377 g/mol. The first-order chi connectivity index (χ1) is 13.6. The van der Waals surface area contributed by atoms with Crippen LogP contribution in [0, 0.1) is 11.8 Å². The van der Waals surface area contributed by atoms with Gasteiger partial charge in [0.15, 0.2) is 11.5 Å². The van der Waals surface area contributed by atoms with Gasteiger partial charge in [-0.15, -0.1) is 5.53 Å². The van der Waals surface area contributed by atoms with Crippen molar-refractivity contribution in [2.45, 2.75) is 39.5 Å². The van der Waals surface area contributed by atoms with Crippen LogP contribution in [0.15, 0.2) is 36.2 Å². The molecule has 7 heteroatoms. The lowest BCUT2D eigenvalue weighted by molar-refractivity contribution is -0.626. The Morgan fingerprint density at radius 1 is 1.25 bits per heavy atom. The van der Waals surface area contributed by atoms with Gasteiger partial charge >= 0.3 is 0 Å². The van der Waals surface area contributed by atoms with Crippen molar-refractivity contribution in [3.63, 3.8) is 0 Å². The zero-order valence-corrected chi connectivity index (χ0v) is 16.2. The van der Waals surface area contributed by atoms with Crippen molar-refractivity contribution in [2.75, 3.05) is 15.8 Å². The molecule has 1 aromatic heterocycles. The van der Waals surface area contributed by atoms with Crippen LogP contribution >= 0.6 is 0 Å². The largest absolute Gasteiger partial charge is 0.324 e. The van der Waals surface area contributed by atoms with Gasteiger partial charge in [0.1, 0.15) is 0 Å². The van der Waals surface area contributed by atoms with Crippen LogP contribution in [0.2, 0.25) is 0 Å². The summed E-state index contributed by atoms with van der Waals surface area (Å²) >= 11 is 0. The minimum atomic E-state index is 0.233. The smallest absolute Gasteiger partial charge is 0.229 e. The van der Waals surface area contributed by atoms with Gasteiger partial charge in [0.2, 0.25) is 11.8 Å². The molecule has 28 heavy (non-hydrogen) atoms. The van der Waals surface area contributed by atoms with E-state index in [0.29, 0.717) is 24.2 Å². The minimum Gasteiger partial charge on any atom is -0.324 e. The number of nitrogens with two attached hydrogens (primary N) is 1. The number of ketones is 1. The first kappa shape index (κ1) is 17.2. The van der Waals surface area contributed by atoms with Crippen LogP contribution in [0.5, 0.6) is 0 Å². The molecular formula is C21H25N6O+. The molecule has 0 spiro atoms. The number of aryl methyl sites for hydroxylation is 1. The molecule has 2 unspecified atom stereocenters. The topological polar surface area (TPSA) is 86.8 Å². The number of benzene rings is 1. The van der Waals surface area contributed by atoms with Gasteiger partial charge < -0.3 is 5.32 Å². The van der Waals surface area contributed by atoms with Gasteiger partial charge in [0.05, 0.1) is 11.9 Å². The van der Waals surface area contributed by atoms with Crippen LogP contribution in [0.1, 0.15) is 49.0 Å². The number of hydrogen-bond acceptors (Lipinski definition) is 6. The van der Waals surface area contributed by atoms with Crippen molar-refractivity contribution in [3.8, 4) is 0 Å². The molecule has 3 aliphatic rings. The number of quaternary nitrogens is 1. The maximum absolute atomic E-state index is 11.8. The number of Topliss-reactive ketones (excluding diaryl/α,β-unsaturated/α-hetero) is 1. The number of nitrogens with zero attached hydrogens (tertiary/aromatic N) is 3. The van der Waals surface area contributed by atoms with Crippen LogP contribution in [-0.4, -0.2) is 15.8 Å².